The SMILES string of the molecule is COC(CO)c1nc(N2CCOCC2)cc(-n2ccc(-c3cccc4[nH]ccc34)n2)n1. The number of fused-ring (bicyclic) bond motifs is 1. The third-order valence-corrected chi connectivity index (χ3v) is 5.48. The maximum Gasteiger partial charge on any atom is 0.164 e. The van der Waals surface area contributed by atoms with Crippen LogP contribution in [0.15, 0.2) is 48.8 Å². The van der Waals surface area contributed by atoms with Gasteiger partial charge in [-0.1, -0.05) is 12.1 Å². The Morgan fingerprint density at radius 3 is 2.81 bits per heavy atom. The Hall–Kier alpha value is -3.27. The standard InChI is InChI=1S/C22H24N6O3/c1-30-19(14-29)22-24-20(27-9-11-31-12-10-27)13-21(25-22)28-8-6-18(26-28)15-3-2-4-17-16(15)5-7-23-17/h2-8,13,19,23,29H,9-12,14H2,1H3. The van der Waals surface area contributed by atoms with Crippen LogP contribution in [0.2, 0.25) is 0 Å². The molecule has 9 heteroatoms. The zero-order valence-electron chi connectivity index (χ0n) is 17.2. The van der Waals surface area contributed by atoms with E-state index in [-0.39, 0.29) is 6.61 Å². The number of nitrogens with one attached hydrogen (secondary N) is 1. The Bertz CT molecular complexity index is 1180. The van der Waals surface area contributed by atoms with E-state index in [0.717, 1.165) is 41.1 Å². The lowest BCUT2D eigenvalue weighted by Crippen LogP contribution is -2.37. The Balaban J connectivity index is 1.56. The minimum absolute atomic E-state index is 0.206. The summed E-state index contributed by atoms with van der Waals surface area (Å²) < 4.78 is 12.6. The lowest BCUT2D eigenvalue weighted by molar-refractivity contribution is 0.0422. The quantitative estimate of drug-likeness (QED) is 0.494. The topological polar surface area (TPSA) is 101 Å². The second kappa shape index (κ2) is 8.46. The highest BCUT2D eigenvalue weighted by Crippen LogP contribution is 2.28. The molecule has 2 N–H and O–H groups in total. The fraction of sp³-hybridized carbons (Fsp3) is 0.318. The smallest absolute Gasteiger partial charge is 0.164 e. The zero-order chi connectivity index (χ0) is 21.2. The number of aliphatic hydroxyl groups is 1. The largest absolute Gasteiger partial charge is 0.393 e. The number of hydrogen-bond acceptors (Lipinski definition) is 7. The average Bonchev–Trinajstić information content (AvgIpc) is 3.50. The minimum atomic E-state index is -0.608. The highest BCUT2D eigenvalue weighted by atomic mass is 16.5. The van der Waals surface area contributed by atoms with Gasteiger partial charge in [-0.3, -0.25) is 0 Å². The van der Waals surface area contributed by atoms with Crippen LogP contribution in [0.1, 0.15) is 11.9 Å². The van der Waals surface area contributed by atoms with Gasteiger partial charge in [-0.2, -0.15) is 5.10 Å². The van der Waals surface area contributed by atoms with Crippen LogP contribution in [-0.2, 0) is 9.47 Å². The second-order valence-electron chi connectivity index (χ2n) is 7.34. The molecule has 0 amide bonds. The van der Waals surface area contributed by atoms with Gasteiger partial charge >= 0.3 is 0 Å². The van der Waals surface area contributed by atoms with Crippen LogP contribution in [0.5, 0.6) is 0 Å². The van der Waals surface area contributed by atoms with Gasteiger partial charge < -0.3 is 24.5 Å². The Kier molecular flexibility index (Phi) is 5.37. The number of morpholine rings is 1. The van der Waals surface area contributed by atoms with Gasteiger partial charge in [0.1, 0.15) is 11.9 Å². The summed E-state index contributed by atoms with van der Waals surface area (Å²) in [6.45, 7) is 2.57. The van der Waals surface area contributed by atoms with Gasteiger partial charge in [-0.05, 0) is 18.2 Å². The number of aromatic nitrogens is 5. The third-order valence-electron chi connectivity index (χ3n) is 5.48. The van der Waals surface area contributed by atoms with Crippen LogP contribution in [-0.4, -0.2) is 69.9 Å². The summed E-state index contributed by atoms with van der Waals surface area (Å²) in [5, 5.41) is 15.6. The van der Waals surface area contributed by atoms with Crippen molar-refractivity contribution in [2.45, 2.75) is 6.10 Å². The van der Waals surface area contributed by atoms with Crippen molar-refractivity contribution in [2.75, 3.05) is 44.9 Å². The molecule has 31 heavy (non-hydrogen) atoms. The molecular weight excluding hydrogens is 396 g/mol. The minimum Gasteiger partial charge on any atom is -0.393 e. The van der Waals surface area contributed by atoms with Gasteiger partial charge in [-0.15, -0.1) is 0 Å². The van der Waals surface area contributed by atoms with Crippen molar-refractivity contribution in [1.82, 2.24) is 24.7 Å². The summed E-state index contributed by atoms with van der Waals surface area (Å²) in [7, 11) is 1.54. The zero-order valence-corrected chi connectivity index (χ0v) is 17.2. The first-order valence-electron chi connectivity index (χ1n) is 10.2. The molecule has 4 aromatic rings. The van der Waals surface area contributed by atoms with E-state index in [2.05, 4.69) is 25.9 Å². The van der Waals surface area contributed by atoms with E-state index in [0.29, 0.717) is 24.9 Å². The van der Waals surface area contributed by atoms with Crippen LogP contribution < -0.4 is 4.90 Å². The lowest BCUT2D eigenvalue weighted by Gasteiger charge is -2.28. The molecule has 3 aromatic heterocycles. The van der Waals surface area contributed by atoms with Crippen molar-refractivity contribution >= 4 is 16.7 Å². The molecule has 1 unspecified atom stereocenters. The van der Waals surface area contributed by atoms with Gasteiger partial charge in [0, 0.05) is 55.1 Å². The number of hydrogen-bond donors (Lipinski definition) is 2. The van der Waals surface area contributed by atoms with E-state index in [4.69, 9.17) is 14.6 Å². The molecule has 0 spiro atoms. The molecule has 1 aromatic carbocycles. The van der Waals surface area contributed by atoms with Crippen LogP contribution in [0.3, 0.4) is 0 Å². The highest BCUT2D eigenvalue weighted by Gasteiger charge is 2.20. The summed E-state index contributed by atoms with van der Waals surface area (Å²) in [6.07, 6.45) is 3.20. The maximum absolute atomic E-state index is 9.71. The van der Waals surface area contributed by atoms with Crippen molar-refractivity contribution in [2.24, 2.45) is 0 Å². The number of aliphatic hydroxyl groups excluding tert-OH is 1. The molecule has 160 valence electrons. The molecule has 9 nitrogen and oxygen atoms in total. The van der Waals surface area contributed by atoms with Crippen molar-refractivity contribution in [3.63, 3.8) is 0 Å². The summed E-state index contributed by atoms with van der Waals surface area (Å²) in [4.78, 5) is 14.7. The molecular formula is C22H24N6O3. The molecule has 4 heterocycles. The van der Waals surface area contributed by atoms with E-state index in [1.165, 1.54) is 7.11 Å². The summed E-state index contributed by atoms with van der Waals surface area (Å²) in [5.74, 6) is 1.81. The fourth-order valence-corrected chi connectivity index (χ4v) is 3.82. The highest BCUT2D eigenvalue weighted by molar-refractivity contribution is 5.94. The van der Waals surface area contributed by atoms with E-state index in [1.54, 1.807) is 4.68 Å². The first-order chi connectivity index (χ1) is 15.3. The monoisotopic (exact) mass is 420 g/mol. The molecule has 0 saturated carbocycles. The number of rotatable bonds is 6. The molecule has 1 aliphatic heterocycles. The van der Waals surface area contributed by atoms with E-state index in [9.17, 15) is 5.11 Å². The van der Waals surface area contributed by atoms with Gasteiger partial charge in [0.15, 0.2) is 11.6 Å². The summed E-state index contributed by atoms with van der Waals surface area (Å²) in [6, 6.07) is 12.0. The maximum atomic E-state index is 9.71. The van der Waals surface area contributed by atoms with Crippen LogP contribution in [0.25, 0.3) is 28.0 Å². The van der Waals surface area contributed by atoms with Crippen LogP contribution in [0.4, 0.5) is 5.82 Å². The third kappa shape index (κ3) is 3.78. The summed E-state index contributed by atoms with van der Waals surface area (Å²) >= 11 is 0. The first-order valence-corrected chi connectivity index (χ1v) is 10.2. The van der Waals surface area contributed by atoms with Crippen LogP contribution >= 0.6 is 0 Å². The van der Waals surface area contributed by atoms with E-state index in [1.807, 2.05) is 42.7 Å². The molecule has 0 aliphatic carbocycles. The molecule has 1 atom stereocenters. The number of ether oxygens (including phenoxy) is 2. The summed E-state index contributed by atoms with van der Waals surface area (Å²) in [5.41, 5.74) is 2.96. The molecule has 1 fully saturated rings. The Morgan fingerprint density at radius 2 is 2.00 bits per heavy atom. The molecule has 5 rings (SSSR count). The van der Waals surface area contributed by atoms with E-state index >= 15 is 0 Å². The van der Waals surface area contributed by atoms with Gasteiger partial charge in [0.2, 0.25) is 0 Å². The average molecular weight is 420 g/mol. The second-order valence-corrected chi connectivity index (χ2v) is 7.34. The fourth-order valence-electron chi connectivity index (χ4n) is 3.82. The molecule has 0 radical (unpaired) electrons. The predicted octanol–water partition coefficient (Wildman–Crippen LogP) is 2.33. The number of H-pyrrole nitrogens is 1. The first kappa shape index (κ1) is 19.7. The lowest BCUT2D eigenvalue weighted by atomic mass is 10.1. The molecule has 0 bridgehead atoms. The number of anilines is 1. The number of methoxy groups -OCH3 is 1. The van der Waals surface area contributed by atoms with Crippen molar-refractivity contribution in [3.8, 4) is 17.1 Å². The van der Waals surface area contributed by atoms with Crippen molar-refractivity contribution < 1.29 is 14.6 Å². The normalized spacial score (nSPS) is 15.5. The van der Waals surface area contributed by atoms with Crippen LogP contribution in [0, 0.1) is 0 Å². The van der Waals surface area contributed by atoms with Gasteiger partial charge in [-0.25, -0.2) is 14.6 Å². The predicted molar refractivity (Wildman–Crippen MR) is 116 cm³/mol. The van der Waals surface area contributed by atoms with Gasteiger partial charge in [0.05, 0.1) is 25.5 Å². The van der Waals surface area contributed by atoms with Crippen molar-refractivity contribution in [1.29, 1.82) is 0 Å². The van der Waals surface area contributed by atoms with Crippen molar-refractivity contribution in [3.05, 3.63) is 54.6 Å². The Morgan fingerprint density at radius 1 is 1.16 bits per heavy atom. The molecule has 1 aliphatic rings. The van der Waals surface area contributed by atoms with Gasteiger partial charge in [0.25, 0.3) is 0 Å². The number of nitrogens with zero attached hydrogens (tertiary/aromatic N) is 5. The number of benzene rings is 1. The van der Waals surface area contributed by atoms with E-state index < -0.39 is 6.10 Å². The number of aromatic amines is 1. The molecule has 1 saturated heterocycles. The Labute approximate surface area is 179 Å².